The third-order valence-corrected chi connectivity index (χ3v) is 8.27. The number of carboxylic acid groups (broad SMARTS) is 1. The topological polar surface area (TPSA) is 353 Å². The number of carbonyl (C=O) groups excluding carboxylic acids is 3. The van der Waals surface area contributed by atoms with Crippen molar-refractivity contribution in [1.29, 1.82) is 0 Å². The molecule has 282 valence electrons. The van der Waals surface area contributed by atoms with Crippen molar-refractivity contribution in [3.63, 3.8) is 0 Å². The summed E-state index contributed by atoms with van der Waals surface area (Å²) in [4.78, 5) is 48.2. The highest BCUT2D eigenvalue weighted by molar-refractivity contribution is 5.76. The number of nitrogens with one attached hydrogen (secondary N) is 3. The first-order valence-corrected chi connectivity index (χ1v) is 15.2. The normalized spacial score (nSPS) is 40.9. The van der Waals surface area contributed by atoms with Gasteiger partial charge in [-0.2, -0.15) is 0 Å². The van der Waals surface area contributed by atoms with E-state index in [1.165, 1.54) is 0 Å². The fourth-order valence-electron chi connectivity index (χ4n) is 5.86. The average Bonchev–Trinajstić information content (AvgIpc) is 3.02. The summed E-state index contributed by atoms with van der Waals surface area (Å²) in [5.41, 5.74) is 0. The third kappa shape index (κ3) is 9.36. The minimum atomic E-state index is -2.86. The number of aliphatic carboxylic acids is 1. The van der Waals surface area contributed by atoms with E-state index in [0.29, 0.717) is 0 Å². The van der Waals surface area contributed by atoms with Crippen LogP contribution in [0.15, 0.2) is 0 Å². The number of hydrogen-bond acceptors (Lipinski definition) is 18. The molecule has 22 heteroatoms. The van der Waals surface area contributed by atoms with E-state index in [2.05, 4.69) is 16.0 Å². The zero-order valence-electron chi connectivity index (χ0n) is 26.6. The maximum Gasteiger partial charge on any atom is 0.364 e. The van der Waals surface area contributed by atoms with E-state index in [4.69, 9.17) is 23.7 Å². The van der Waals surface area contributed by atoms with Crippen LogP contribution in [0, 0.1) is 0 Å². The molecule has 0 unspecified atom stereocenters. The lowest BCUT2D eigenvalue weighted by Gasteiger charge is -2.49. The van der Waals surface area contributed by atoms with Crippen LogP contribution in [0.2, 0.25) is 0 Å². The average molecular weight is 716 g/mol. The van der Waals surface area contributed by atoms with Crippen LogP contribution in [-0.2, 0) is 42.9 Å². The molecule has 22 nitrogen and oxygen atoms in total. The van der Waals surface area contributed by atoms with E-state index in [-0.39, 0.29) is 0 Å². The second kappa shape index (κ2) is 17.0. The van der Waals surface area contributed by atoms with Crippen molar-refractivity contribution in [2.24, 2.45) is 0 Å². The smallest absolute Gasteiger partial charge is 0.364 e. The van der Waals surface area contributed by atoms with Gasteiger partial charge in [0.15, 0.2) is 12.6 Å². The van der Waals surface area contributed by atoms with Gasteiger partial charge in [0, 0.05) is 27.2 Å². The molecule has 0 aromatic heterocycles. The van der Waals surface area contributed by atoms with Gasteiger partial charge in [-0.15, -0.1) is 0 Å². The maximum atomic E-state index is 12.5. The van der Waals surface area contributed by atoms with E-state index >= 15 is 0 Å². The van der Waals surface area contributed by atoms with Crippen molar-refractivity contribution in [3.05, 3.63) is 0 Å². The van der Waals surface area contributed by atoms with Gasteiger partial charge in [-0.05, 0) is 0 Å². The first kappa shape index (κ1) is 40.7. The molecule has 0 bridgehead atoms. The molecule has 3 fully saturated rings. The first-order valence-electron chi connectivity index (χ1n) is 15.2. The number of aliphatic hydroxyl groups is 9. The second-order valence-corrected chi connectivity index (χ2v) is 12.0. The standard InChI is InChI=1S/C27H45N3O19/c1-8(33)28-15-11(36)4-27(26(43)44,49-23(15)18(38)12(37)5-31)45-7-14-20(40)22(17(24(42)46-14)30-10(3)35)48-25-16(29-9(2)34)21(41)19(39)13(6-32)47-25/h11-25,31-32,36-42H,4-7H2,1-3H3,(H,28,33)(H,29,34)(H,30,35)(H,43,44)/t11-,12+,13+,14+,15+,16+,17+,18+,19+,20-,21+,22+,23+,24+,25-,27+/m0/s1. The Balaban J connectivity index is 1.92. The van der Waals surface area contributed by atoms with Gasteiger partial charge in [-0.1, -0.05) is 0 Å². The van der Waals surface area contributed by atoms with Crippen LogP contribution >= 0.6 is 0 Å². The van der Waals surface area contributed by atoms with Gasteiger partial charge in [0.05, 0.1) is 32.0 Å². The fraction of sp³-hybridized carbons (Fsp3) is 0.852. The molecule has 13 N–H and O–H groups in total. The molecule has 16 atom stereocenters. The van der Waals surface area contributed by atoms with Gasteiger partial charge in [-0.3, -0.25) is 14.4 Å². The number of amides is 3. The molecule has 0 aromatic rings. The molecular formula is C27H45N3O19. The van der Waals surface area contributed by atoms with E-state index in [9.17, 15) is 70.2 Å². The monoisotopic (exact) mass is 715 g/mol. The predicted octanol–water partition coefficient (Wildman–Crippen LogP) is -7.94. The fourth-order valence-corrected chi connectivity index (χ4v) is 5.86. The zero-order chi connectivity index (χ0) is 37.0. The molecule has 3 rings (SSSR count). The molecule has 3 aliphatic heterocycles. The molecule has 3 saturated heterocycles. The maximum absolute atomic E-state index is 12.5. The van der Waals surface area contributed by atoms with Gasteiger partial charge < -0.3 is 90.7 Å². The summed E-state index contributed by atoms with van der Waals surface area (Å²) in [6.45, 7) is 0.360. The minimum Gasteiger partial charge on any atom is -0.477 e. The van der Waals surface area contributed by atoms with Crippen LogP contribution in [0.1, 0.15) is 27.2 Å². The van der Waals surface area contributed by atoms with Crippen molar-refractivity contribution in [2.75, 3.05) is 19.8 Å². The van der Waals surface area contributed by atoms with E-state index in [0.717, 1.165) is 20.8 Å². The molecule has 3 heterocycles. The number of rotatable bonds is 13. The van der Waals surface area contributed by atoms with Gasteiger partial charge in [-0.25, -0.2) is 4.79 Å². The minimum absolute atomic E-state index is 0.711. The van der Waals surface area contributed by atoms with Gasteiger partial charge >= 0.3 is 5.97 Å². The van der Waals surface area contributed by atoms with Crippen LogP contribution in [0.4, 0.5) is 0 Å². The predicted molar refractivity (Wildman–Crippen MR) is 153 cm³/mol. The molecule has 0 radical (unpaired) electrons. The Bertz CT molecular complexity index is 1170. The van der Waals surface area contributed by atoms with Crippen molar-refractivity contribution in [1.82, 2.24) is 16.0 Å². The van der Waals surface area contributed by atoms with E-state index in [1.54, 1.807) is 0 Å². The lowest BCUT2D eigenvalue weighted by atomic mass is 9.88. The molecular weight excluding hydrogens is 670 g/mol. The summed E-state index contributed by atoms with van der Waals surface area (Å²) in [6, 6.07) is -4.60. The largest absolute Gasteiger partial charge is 0.477 e. The van der Waals surface area contributed by atoms with E-state index in [1.807, 2.05) is 0 Å². The van der Waals surface area contributed by atoms with Gasteiger partial charge in [0.1, 0.15) is 67.0 Å². The summed E-state index contributed by atoms with van der Waals surface area (Å²) < 4.78 is 27.8. The van der Waals surface area contributed by atoms with Gasteiger partial charge in [0.25, 0.3) is 5.79 Å². The Hall–Kier alpha value is -2.68. The van der Waals surface area contributed by atoms with Crippen LogP contribution < -0.4 is 16.0 Å². The lowest BCUT2D eigenvalue weighted by Crippen LogP contribution is -2.70. The lowest BCUT2D eigenvalue weighted by molar-refractivity contribution is -0.342. The third-order valence-electron chi connectivity index (χ3n) is 8.27. The zero-order valence-corrected chi connectivity index (χ0v) is 26.6. The summed E-state index contributed by atoms with van der Waals surface area (Å²) >= 11 is 0. The summed E-state index contributed by atoms with van der Waals surface area (Å²) in [7, 11) is 0. The van der Waals surface area contributed by atoms with Crippen molar-refractivity contribution < 1.29 is 93.9 Å². The molecule has 3 aliphatic rings. The highest BCUT2D eigenvalue weighted by Crippen LogP contribution is 2.35. The number of carboxylic acids is 1. The van der Waals surface area contributed by atoms with Crippen molar-refractivity contribution in [3.8, 4) is 0 Å². The van der Waals surface area contributed by atoms with Crippen molar-refractivity contribution >= 4 is 23.7 Å². The second-order valence-electron chi connectivity index (χ2n) is 12.0. The number of hydrogen-bond donors (Lipinski definition) is 13. The number of aliphatic hydroxyl groups excluding tert-OH is 9. The molecule has 0 aliphatic carbocycles. The molecule has 0 spiro atoms. The summed E-state index contributed by atoms with van der Waals surface area (Å²) in [5, 5.41) is 111. The molecule has 49 heavy (non-hydrogen) atoms. The molecule has 3 amide bonds. The highest BCUT2D eigenvalue weighted by Gasteiger charge is 2.57. The quantitative estimate of drug-likeness (QED) is 0.0842. The van der Waals surface area contributed by atoms with Gasteiger partial charge in [0.2, 0.25) is 17.7 Å². The number of carbonyl (C=O) groups is 4. The Labute approximate surface area is 278 Å². The highest BCUT2D eigenvalue weighted by atomic mass is 16.7. The SMILES string of the molecule is CC(=O)N[C@@H]1[C@@H](O[C@@H]2O[C@H](CO)[C@@H](O)[C@H](O)[C@H]2NC(C)=O)[C@@H](O)[C@@H](CO[C@]2(C(=O)O)C[C@H](O)[C@@H](NC(C)=O)[C@H]([C@H](O)[C@H](O)CO)O2)O[C@H]1O. The van der Waals surface area contributed by atoms with Crippen LogP contribution in [-0.4, -0.2) is 192 Å². The molecule has 0 saturated carbocycles. The Morgan fingerprint density at radius 1 is 0.816 bits per heavy atom. The Kier molecular flexibility index (Phi) is 14.2. The number of ether oxygens (including phenoxy) is 5. The first-order chi connectivity index (χ1) is 22.9. The molecule has 0 aromatic carbocycles. The summed E-state index contributed by atoms with van der Waals surface area (Å²) in [6.07, 6.45) is -22.7. The summed E-state index contributed by atoms with van der Waals surface area (Å²) in [5.74, 6) is -6.92. The van der Waals surface area contributed by atoms with Crippen LogP contribution in [0.25, 0.3) is 0 Å². The Morgan fingerprint density at radius 2 is 1.39 bits per heavy atom. The van der Waals surface area contributed by atoms with Crippen molar-refractivity contribution in [2.45, 2.75) is 125 Å². The van der Waals surface area contributed by atoms with E-state index < -0.39 is 147 Å². The Morgan fingerprint density at radius 3 is 1.92 bits per heavy atom. The van der Waals surface area contributed by atoms with Crippen LogP contribution in [0.3, 0.4) is 0 Å². The van der Waals surface area contributed by atoms with Crippen LogP contribution in [0.5, 0.6) is 0 Å².